The number of halogens is 3. The first-order chi connectivity index (χ1) is 14.3. The Kier molecular flexibility index (Phi) is 7.02. The minimum Gasteiger partial charge on any atom is -0.481 e. The van der Waals surface area contributed by atoms with E-state index < -0.39 is 24.3 Å². The molecule has 0 bridgehead atoms. The van der Waals surface area contributed by atoms with Crippen LogP contribution in [0.2, 0.25) is 0 Å². The number of benzene rings is 3. The van der Waals surface area contributed by atoms with E-state index in [2.05, 4.69) is 4.72 Å². The fourth-order valence-electron chi connectivity index (χ4n) is 2.70. The van der Waals surface area contributed by atoms with Crippen molar-refractivity contribution in [1.29, 1.82) is 0 Å². The highest BCUT2D eigenvalue weighted by molar-refractivity contribution is 7.97. The van der Waals surface area contributed by atoms with E-state index in [1.54, 1.807) is 24.3 Å². The normalized spacial score (nSPS) is 11.3. The zero-order chi connectivity index (χ0) is 21.6. The van der Waals surface area contributed by atoms with E-state index in [0.29, 0.717) is 12.1 Å². The van der Waals surface area contributed by atoms with Gasteiger partial charge in [-0.2, -0.15) is 13.2 Å². The number of carboxylic acid groups (broad SMARTS) is 1. The number of aliphatic carboxylic acids is 1. The average Bonchev–Trinajstić information content (AvgIpc) is 2.73. The van der Waals surface area contributed by atoms with Crippen molar-refractivity contribution < 1.29 is 27.8 Å². The molecule has 156 valence electrons. The van der Waals surface area contributed by atoms with Gasteiger partial charge in [0.25, 0.3) is 0 Å². The topological polar surface area (TPSA) is 58.6 Å². The molecular weight excluding hydrogens is 415 g/mol. The van der Waals surface area contributed by atoms with Crippen LogP contribution in [0.3, 0.4) is 0 Å². The van der Waals surface area contributed by atoms with Crippen molar-refractivity contribution in [2.75, 3.05) is 6.61 Å². The summed E-state index contributed by atoms with van der Waals surface area (Å²) in [5, 5.41) is 8.81. The SMILES string of the molecule is O=C(O)COc1ccc(C(F)(F)F)cc1-c1ccc(SNCc2ccccc2)cc1. The third kappa shape index (κ3) is 6.01. The molecule has 0 amide bonds. The molecule has 3 aromatic rings. The summed E-state index contributed by atoms with van der Waals surface area (Å²) < 4.78 is 47.8. The van der Waals surface area contributed by atoms with Gasteiger partial charge in [0.15, 0.2) is 6.61 Å². The lowest BCUT2D eigenvalue weighted by molar-refractivity contribution is -0.140. The van der Waals surface area contributed by atoms with Gasteiger partial charge in [0.1, 0.15) is 5.75 Å². The third-order valence-electron chi connectivity index (χ3n) is 4.13. The van der Waals surface area contributed by atoms with Crippen molar-refractivity contribution in [3.63, 3.8) is 0 Å². The highest BCUT2D eigenvalue weighted by Crippen LogP contribution is 2.37. The first-order valence-electron chi connectivity index (χ1n) is 8.93. The number of carbonyl (C=O) groups is 1. The monoisotopic (exact) mass is 433 g/mol. The van der Waals surface area contributed by atoms with Gasteiger partial charge >= 0.3 is 12.1 Å². The van der Waals surface area contributed by atoms with Crippen LogP contribution in [-0.4, -0.2) is 17.7 Å². The fourth-order valence-corrected chi connectivity index (χ4v) is 3.38. The summed E-state index contributed by atoms with van der Waals surface area (Å²) in [7, 11) is 0. The molecule has 0 radical (unpaired) electrons. The van der Waals surface area contributed by atoms with Gasteiger partial charge in [-0.3, -0.25) is 4.72 Å². The van der Waals surface area contributed by atoms with Crippen LogP contribution >= 0.6 is 11.9 Å². The second-order valence-corrected chi connectivity index (χ2v) is 7.29. The van der Waals surface area contributed by atoms with Gasteiger partial charge < -0.3 is 9.84 Å². The lowest BCUT2D eigenvalue weighted by Gasteiger charge is -2.14. The fraction of sp³-hybridized carbons (Fsp3) is 0.136. The van der Waals surface area contributed by atoms with E-state index in [0.717, 1.165) is 28.7 Å². The molecule has 0 heterocycles. The summed E-state index contributed by atoms with van der Waals surface area (Å²) in [6, 6.07) is 19.7. The maximum absolute atomic E-state index is 13.1. The van der Waals surface area contributed by atoms with Crippen molar-refractivity contribution in [3.8, 4) is 16.9 Å². The molecule has 0 atom stereocenters. The summed E-state index contributed by atoms with van der Waals surface area (Å²) in [6.45, 7) is 0.0176. The van der Waals surface area contributed by atoms with Crippen LogP contribution < -0.4 is 9.46 Å². The number of rotatable bonds is 8. The Bertz CT molecular complexity index is 993. The first kappa shape index (κ1) is 21.7. The third-order valence-corrected chi connectivity index (χ3v) is 4.93. The molecule has 0 saturated carbocycles. The Morgan fingerprint density at radius 2 is 1.70 bits per heavy atom. The summed E-state index contributed by atoms with van der Waals surface area (Å²) in [5.74, 6) is -1.13. The number of hydrogen-bond acceptors (Lipinski definition) is 4. The van der Waals surface area contributed by atoms with Gasteiger partial charge in [-0.25, -0.2) is 4.79 Å². The van der Waals surface area contributed by atoms with Crippen LogP contribution in [-0.2, 0) is 17.5 Å². The van der Waals surface area contributed by atoms with Crippen LogP contribution in [0.1, 0.15) is 11.1 Å². The van der Waals surface area contributed by atoms with Gasteiger partial charge in [-0.1, -0.05) is 42.5 Å². The Hall–Kier alpha value is -2.97. The molecule has 8 heteroatoms. The zero-order valence-corrected chi connectivity index (χ0v) is 16.5. The molecule has 3 aromatic carbocycles. The van der Waals surface area contributed by atoms with Gasteiger partial charge in [0.2, 0.25) is 0 Å². The van der Waals surface area contributed by atoms with Crippen molar-refractivity contribution in [1.82, 2.24) is 4.72 Å². The average molecular weight is 433 g/mol. The van der Waals surface area contributed by atoms with Crippen molar-refractivity contribution >= 4 is 17.9 Å². The molecule has 0 aromatic heterocycles. The molecule has 4 nitrogen and oxygen atoms in total. The van der Waals surface area contributed by atoms with E-state index in [-0.39, 0.29) is 11.3 Å². The van der Waals surface area contributed by atoms with E-state index in [1.807, 2.05) is 30.3 Å². The smallest absolute Gasteiger partial charge is 0.416 e. The summed E-state index contributed by atoms with van der Waals surface area (Å²) in [6.07, 6.45) is -4.52. The van der Waals surface area contributed by atoms with E-state index in [9.17, 15) is 18.0 Å². The van der Waals surface area contributed by atoms with Crippen LogP contribution in [0.25, 0.3) is 11.1 Å². The number of ether oxygens (including phenoxy) is 1. The number of hydrogen-bond donors (Lipinski definition) is 2. The van der Waals surface area contributed by atoms with Gasteiger partial charge in [0, 0.05) is 17.0 Å². The molecule has 0 saturated heterocycles. The minimum absolute atomic E-state index is 0.0769. The lowest BCUT2D eigenvalue weighted by atomic mass is 10.0. The Labute approximate surface area is 175 Å². The predicted molar refractivity (Wildman–Crippen MR) is 109 cm³/mol. The maximum atomic E-state index is 13.1. The van der Waals surface area contributed by atoms with Crippen LogP contribution in [0, 0.1) is 0 Å². The van der Waals surface area contributed by atoms with Gasteiger partial charge in [-0.15, -0.1) is 0 Å². The van der Waals surface area contributed by atoms with Crippen LogP contribution in [0.4, 0.5) is 13.2 Å². The van der Waals surface area contributed by atoms with Gasteiger partial charge in [-0.05, 0) is 53.4 Å². The summed E-state index contributed by atoms with van der Waals surface area (Å²) in [5.41, 5.74) is 0.975. The molecule has 0 spiro atoms. The molecule has 0 aliphatic heterocycles. The predicted octanol–water partition coefficient (Wildman–Crippen LogP) is 5.63. The van der Waals surface area contributed by atoms with Crippen LogP contribution in [0.15, 0.2) is 77.7 Å². The van der Waals surface area contributed by atoms with E-state index >= 15 is 0 Å². The number of alkyl halides is 3. The molecule has 0 fully saturated rings. The van der Waals surface area contributed by atoms with Crippen LogP contribution in [0.5, 0.6) is 5.75 Å². The summed E-state index contributed by atoms with van der Waals surface area (Å²) >= 11 is 1.41. The van der Waals surface area contributed by atoms with E-state index in [1.165, 1.54) is 11.9 Å². The molecule has 0 unspecified atom stereocenters. The molecule has 0 aliphatic carbocycles. The molecule has 2 N–H and O–H groups in total. The maximum Gasteiger partial charge on any atom is 0.416 e. The highest BCUT2D eigenvalue weighted by Gasteiger charge is 2.31. The second kappa shape index (κ2) is 9.69. The highest BCUT2D eigenvalue weighted by atomic mass is 32.2. The zero-order valence-electron chi connectivity index (χ0n) is 15.6. The standard InChI is InChI=1S/C22H18F3NO3S/c23-22(24,25)17-8-11-20(29-14-21(27)28)19(12-17)16-6-9-18(10-7-16)30-26-13-15-4-2-1-3-5-15/h1-12,26H,13-14H2,(H,27,28). The Morgan fingerprint density at radius 1 is 1.00 bits per heavy atom. The number of nitrogens with one attached hydrogen (secondary N) is 1. The molecular formula is C22H18F3NO3S. The van der Waals surface area contributed by atoms with Gasteiger partial charge in [0.05, 0.1) is 5.56 Å². The molecule has 30 heavy (non-hydrogen) atoms. The molecule has 3 rings (SSSR count). The van der Waals surface area contributed by atoms with Crippen molar-refractivity contribution in [2.24, 2.45) is 0 Å². The largest absolute Gasteiger partial charge is 0.481 e. The quantitative estimate of drug-likeness (QED) is 0.451. The van der Waals surface area contributed by atoms with Crippen molar-refractivity contribution in [3.05, 3.63) is 83.9 Å². The van der Waals surface area contributed by atoms with Crippen molar-refractivity contribution in [2.45, 2.75) is 17.6 Å². The summed E-state index contributed by atoms with van der Waals surface area (Å²) in [4.78, 5) is 11.7. The number of carboxylic acids is 1. The Balaban J connectivity index is 1.76. The lowest BCUT2D eigenvalue weighted by Crippen LogP contribution is -2.11. The first-order valence-corrected chi connectivity index (χ1v) is 9.74. The Morgan fingerprint density at radius 3 is 2.33 bits per heavy atom. The second-order valence-electron chi connectivity index (χ2n) is 6.32. The molecule has 0 aliphatic rings. The minimum atomic E-state index is -4.52. The van der Waals surface area contributed by atoms with E-state index in [4.69, 9.17) is 9.84 Å².